The molecule has 0 spiro atoms. The Morgan fingerprint density at radius 2 is 1.88 bits per heavy atom. The van der Waals surface area contributed by atoms with Gasteiger partial charge in [-0.05, 0) is 11.5 Å². The minimum atomic E-state index is -0.733. The number of rotatable bonds is 2. The first-order valence-corrected chi connectivity index (χ1v) is 4.65. The Bertz CT molecular complexity index is 590. The van der Waals surface area contributed by atoms with Crippen molar-refractivity contribution in [3.8, 4) is 5.75 Å². The Morgan fingerprint density at radius 1 is 1.25 bits per heavy atom. The zero-order chi connectivity index (χ0) is 11.7. The summed E-state index contributed by atoms with van der Waals surface area (Å²) in [6.45, 7) is 0. The minimum Gasteiger partial charge on any atom is -0.507 e. The van der Waals surface area contributed by atoms with Gasteiger partial charge in [0.15, 0.2) is 6.29 Å². The number of aldehydes is 1. The smallest absolute Gasteiger partial charge is 0.249 e. The fourth-order valence-corrected chi connectivity index (χ4v) is 1.71. The lowest BCUT2D eigenvalue weighted by Gasteiger charge is -2.07. The number of benzene rings is 2. The molecule has 0 heterocycles. The Labute approximate surface area is 91.3 Å². The average molecular weight is 215 g/mol. The van der Waals surface area contributed by atoms with E-state index < -0.39 is 5.91 Å². The van der Waals surface area contributed by atoms with E-state index in [1.54, 1.807) is 24.3 Å². The normalized spacial score (nSPS) is 10.2. The van der Waals surface area contributed by atoms with Gasteiger partial charge >= 0.3 is 0 Å². The van der Waals surface area contributed by atoms with E-state index in [1.165, 1.54) is 6.07 Å². The summed E-state index contributed by atoms with van der Waals surface area (Å²) in [5.74, 6) is -0.793. The average Bonchev–Trinajstić information content (AvgIpc) is 2.29. The highest BCUT2D eigenvalue weighted by atomic mass is 16.3. The first-order chi connectivity index (χ1) is 7.65. The summed E-state index contributed by atoms with van der Waals surface area (Å²) in [6, 6.07) is 8.00. The first-order valence-electron chi connectivity index (χ1n) is 4.65. The van der Waals surface area contributed by atoms with Gasteiger partial charge in [0.2, 0.25) is 5.91 Å². The van der Waals surface area contributed by atoms with Crippen molar-refractivity contribution < 1.29 is 14.7 Å². The molecule has 0 saturated heterocycles. The van der Waals surface area contributed by atoms with Crippen molar-refractivity contribution in [1.29, 1.82) is 0 Å². The van der Waals surface area contributed by atoms with Crippen LogP contribution in [0.15, 0.2) is 30.3 Å². The maximum Gasteiger partial charge on any atom is 0.249 e. The van der Waals surface area contributed by atoms with Gasteiger partial charge in [0, 0.05) is 10.9 Å². The Hall–Kier alpha value is -2.36. The third-order valence-electron chi connectivity index (χ3n) is 2.45. The van der Waals surface area contributed by atoms with Gasteiger partial charge in [-0.15, -0.1) is 0 Å². The summed E-state index contributed by atoms with van der Waals surface area (Å²) < 4.78 is 0. The number of nitrogens with two attached hydrogens (primary N) is 1. The van der Waals surface area contributed by atoms with Gasteiger partial charge in [-0.1, -0.05) is 24.3 Å². The van der Waals surface area contributed by atoms with Crippen LogP contribution in [0, 0.1) is 0 Å². The molecule has 16 heavy (non-hydrogen) atoms. The number of carbonyl (C=O) groups is 2. The van der Waals surface area contributed by atoms with Crippen molar-refractivity contribution in [2.45, 2.75) is 0 Å². The zero-order valence-corrected chi connectivity index (χ0v) is 8.31. The van der Waals surface area contributed by atoms with Crippen LogP contribution >= 0.6 is 0 Å². The molecule has 0 saturated carbocycles. The van der Waals surface area contributed by atoms with Crippen LogP contribution in [0.2, 0.25) is 0 Å². The Morgan fingerprint density at radius 3 is 2.44 bits per heavy atom. The predicted molar refractivity (Wildman–Crippen MR) is 59.5 cm³/mol. The van der Waals surface area contributed by atoms with Crippen LogP contribution in [-0.4, -0.2) is 17.3 Å². The number of phenols is 1. The lowest BCUT2D eigenvalue weighted by Crippen LogP contribution is -2.13. The number of aromatic hydroxyl groups is 1. The first kappa shape index (κ1) is 10.2. The van der Waals surface area contributed by atoms with Crippen LogP contribution in [0.3, 0.4) is 0 Å². The highest BCUT2D eigenvalue weighted by Gasteiger charge is 2.14. The number of hydrogen-bond donors (Lipinski definition) is 2. The second kappa shape index (κ2) is 3.66. The maximum absolute atomic E-state index is 11.1. The summed E-state index contributed by atoms with van der Waals surface area (Å²) >= 11 is 0. The molecule has 2 aromatic carbocycles. The van der Waals surface area contributed by atoms with E-state index in [-0.39, 0.29) is 16.9 Å². The molecule has 0 unspecified atom stereocenters. The molecule has 0 bridgehead atoms. The van der Waals surface area contributed by atoms with Crippen LogP contribution in [0.25, 0.3) is 10.8 Å². The molecule has 4 heteroatoms. The summed E-state index contributed by atoms with van der Waals surface area (Å²) in [6.07, 6.45) is 0.571. The second-order valence-electron chi connectivity index (χ2n) is 3.38. The molecule has 0 radical (unpaired) electrons. The maximum atomic E-state index is 11.1. The van der Waals surface area contributed by atoms with Gasteiger partial charge in [-0.2, -0.15) is 0 Å². The molecule has 1 amide bonds. The van der Waals surface area contributed by atoms with Crippen LogP contribution in [0.4, 0.5) is 0 Å². The van der Waals surface area contributed by atoms with Gasteiger partial charge in [-0.25, -0.2) is 0 Å². The fraction of sp³-hybridized carbons (Fsp3) is 0. The van der Waals surface area contributed by atoms with Crippen LogP contribution in [0.1, 0.15) is 20.7 Å². The summed E-state index contributed by atoms with van der Waals surface area (Å²) in [7, 11) is 0. The number of hydrogen-bond acceptors (Lipinski definition) is 3. The molecular formula is C12H9NO3. The van der Waals surface area contributed by atoms with Gasteiger partial charge in [-0.3, -0.25) is 9.59 Å². The Kier molecular flexibility index (Phi) is 2.32. The number of primary amides is 1. The molecule has 2 aromatic rings. The molecule has 0 aliphatic heterocycles. The van der Waals surface area contributed by atoms with Gasteiger partial charge in [0.1, 0.15) is 5.75 Å². The molecule has 3 N–H and O–H groups in total. The van der Waals surface area contributed by atoms with Crippen molar-refractivity contribution >= 4 is 23.0 Å². The fourth-order valence-electron chi connectivity index (χ4n) is 1.71. The highest BCUT2D eigenvalue weighted by molar-refractivity contribution is 6.11. The monoisotopic (exact) mass is 215 g/mol. The highest BCUT2D eigenvalue weighted by Crippen LogP contribution is 2.29. The van der Waals surface area contributed by atoms with Crippen molar-refractivity contribution in [3.05, 3.63) is 41.5 Å². The molecule has 0 aliphatic rings. The lowest BCUT2D eigenvalue weighted by molar-refractivity contribution is 0.0993. The quantitative estimate of drug-likeness (QED) is 0.744. The number of amides is 1. The largest absolute Gasteiger partial charge is 0.507 e. The minimum absolute atomic E-state index is 0.0335. The number of fused-ring (bicyclic) bond motifs is 1. The molecule has 0 fully saturated rings. The number of carbonyl (C=O) groups excluding carboxylic acids is 2. The molecule has 2 rings (SSSR count). The van der Waals surface area contributed by atoms with E-state index in [0.717, 1.165) is 0 Å². The van der Waals surface area contributed by atoms with E-state index in [9.17, 15) is 14.7 Å². The standard InChI is InChI=1S/C12H9NO3/c13-12(16)9-5-11(15)8-4-2-1-3-7(8)10(9)6-14/h1-6,15H,(H2,13,16). The lowest BCUT2D eigenvalue weighted by atomic mass is 9.98. The number of phenolic OH excluding ortho intramolecular Hbond substituents is 1. The molecule has 0 aliphatic carbocycles. The summed E-state index contributed by atoms with van der Waals surface area (Å²) in [5, 5.41) is 10.7. The van der Waals surface area contributed by atoms with Gasteiger partial charge in [0.25, 0.3) is 0 Å². The zero-order valence-electron chi connectivity index (χ0n) is 8.31. The van der Waals surface area contributed by atoms with Gasteiger partial charge < -0.3 is 10.8 Å². The third kappa shape index (κ3) is 1.40. The van der Waals surface area contributed by atoms with Crippen LogP contribution in [0.5, 0.6) is 5.75 Å². The van der Waals surface area contributed by atoms with E-state index in [1.807, 2.05) is 0 Å². The summed E-state index contributed by atoms with van der Waals surface area (Å²) in [5.41, 5.74) is 5.38. The van der Waals surface area contributed by atoms with Crippen molar-refractivity contribution in [2.24, 2.45) is 5.73 Å². The molecule has 0 atom stereocenters. The van der Waals surface area contributed by atoms with Crippen molar-refractivity contribution in [3.63, 3.8) is 0 Å². The predicted octanol–water partition coefficient (Wildman–Crippen LogP) is 1.46. The van der Waals surface area contributed by atoms with E-state index >= 15 is 0 Å². The second-order valence-corrected chi connectivity index (χ2v) is 3.38. The van der Waals surface area contributed by atoms with Crippen LogP contribution in [-0.2, 0) is 0 Å². The molecule has 4 nitrogen and oxygen atoms in total. The third-order valence-corrected chi connectivity index (χ3v) is 2.45. The molecule has 80 valence electrons. The van der Waals surface area contributed by atoms with Gasteiger partial charge in [0.05, 0.1) is 5.56 Å². The Balaban J connectivity index is 2.95. The van der Waals surface area contributed by atoms with E-state index in [2.05, 4.69) is 0 Å². The topological polar surface area (TPSA) is 80.4 Å². The summed E-state index contributed by atoms with van der Waals surface area (Å²) in [4.78, 5) is 22.1. The van der Waals surface area contributed by atoms with Crippen LogP contribution < -0.4 is 5.73 Å². The molecular weight excluding hydrogens is 206 g/mol. The van der Waals surface area contributed by atoms with Crippen molar-refractivity contribution in [2.75, 3.05) is 0 Å². The molecule has 0 aromatic heterocycles. The van der Waals surface area contributed by atoms with Crippen molar-refractivity contribution in [1.82, 2.24) is 0 Å². The SMILES string of the molecule is NC(=O)c1cc(O)c2ccccc2c1C=O. The van der Waals surface area contributed by atoms with E-state index in [0.29, 0.717) is 17.1 Å². The van der Waals surface area contributed by atoms with E-state index in [4.69, 9.17) is 5.73 Å².